The van der Waals surface area contributed by atoms with Crippen LogP contribution in [0.3, 0.4) is 0 Å². The van der Waals surface area contributed by atoms with Gasteiger partial charge >= 0.3 is 0 Å². The molecule has 0 saturated heterocycles. The molecule has 0 aromatic carbocycles. The number of rotatable bonds is 3. The van der Waals surface area contributed by atoms with Gasteiger partial charge in [0.05, 0.1) is 5.39 Å². The summed E-state index contributed by atoms with van der Waals surface area (Å²) in [6.07, 6.45) is 1.28. The first-order chi connectivity index (χ1) is 8.06. The van der Waals surface area contributed by atoms with E-state index >= 15 is 0 Å². The first-order valence-electron chi connectivity index (χ1n) is 5.71. The first kappa shape index (κ1) is 11.2. The van der Waals surface area contributed by atoms with Gasteiger partial charge in [0.25, 0.3) is 0 Å². The van der Waals surface area contributed by atoms with Crippen LogP contribution in [0.25, 0.3) is 10.2 Å². The number of hydrogen-bond donors (Lipinski definition) is 1. The average Bonchev–Trinajstić information content (AvgIpc) is 2.69. The summed E-state index contributed by atoms with van der Waals surface area (Å²) < 4.78 is 0. The van der Waals surface area contributed by atoms with E-state index in [2.05, 4.69) is 29.1 Å². The van der Waals surface area contributed by atoms with Gasteiger partial charge in [-0.3, -0.25) is 0 Å². The predicted molar refractivity (Wildman–Crippen MR) is 72.8 cm³/mol. The van der Waals surface area contributed by atoms with E-state index in [9.17, 15) is 0 Å². The van der Waals surface area contributed by atoms with Crippen LogP contribution in [0.4, 0.5) is 5.82 Å². The molecule has 1 unspecified atom stereocenters. The van der Waals surface area contributed by atoms with Crippen molar-refractivity contribution >= 4 is 39.0 Å². The zero-order valence-corrected chi connectivity index (χ0v) is 11.4. The van der Waals surface area contributed by atoms with Gasteiger partial charge in [-0.1, -0.05) is 13.8 Å². The highest BCUT2D eigenvalue weighted by Gasteiger charge is 2.45. The number of nitrogens with zero attached hydrogens (tertiary/aromatic N) is 2. The van der Waals surface area contributed by atoms with Gasteiger partial charge in [0, 0.05) is 6.54 Å². The van der Waals surface area contributed by atoms with Gasteiger partial charge in [-0.2, -0.15) is 0 Å². The van der Waals surface area contributed by atoms with Gasteiger partial charge in [-0.25, -0.2) is 9.97 Å². The monoisotopic (exact) mass is 267 g/mol. The molecular formula is C12H14ClN3S. The van der Waals surface area contributed by atoms with Crippen LogP contribution in [0.5, 0.6) is 0 Å². The van der Waals surface area contributed by atoms with Crippen LogP contribution in [0.15, 0.2) is 11.4 Å². The molecule has 0 aliphatic heterocycles. The summed E-state index contributed by atoms with van der Waals surface area (Å²) in [5.74, 6) is 1.61. The summed E-state index contributed by atoms with van der Waals surface area (Å²) in [7, 11) is 0. The molecule has 1 fully saturated rings. The Bertz CT molecular complexity index is 564. The third kappa shape index (κ3) is 2.11. The lowest BCUT2D eigenvalue weighted by Gasteiger charge is -2.08. The molecule has 1 atom stereocenters. The van der Waals surface area contributed by atoms with E-state index in [-0.39, 0.29) is 0 Å². The van der Waals surface area contributed by atoms with E-state index in [1.807, 2.05) is 11.4 Å². The van der Waals surface area contributed by atoms with Gasteiger partial charge in [0.15, 0.2) is 0 Å². The first-order valence-corrected chi connectivity index (χ1v) is 6.97. The van der Waals surface area contributed by atoms with Crippen LogP contribution in [-0.4, -0.2) is 16.5 Å². The molecule has 0 bridgehead atoms. The van der Waals surface area contributed by atoms with E-state index in [0.29, 0.717) is 10.7 Å². The largest absolute Gasteiger partial charge is 0.369 e. The molecule has 90 valence electrons. The lowest BCUT2D eigenvalue weighted by Crippen LogP contribution is -2.09. The minimum Gasteiger partial charge on any atom is -0.369 e. The number of nitrogens with one attached hydrogen (secondary N) is 1. The summed E-state index contributed by atoms with van der Waals surface area (Å²) in [4.78, 5) is 9.42. The Labute approximate surface area is 109 Å². The Kier molecular flexibility index (Phi) is 2.52. The molecule has 2 aromatic heterocycles. The molecule has 1 aliphatic rings. The summed E-state index contributed by atoms with van der Waals surface area (Å²) in [6.45, 7) is 5.56. The van der Waals surface area contributed by atoms with Crippen molar-refractivity contribution < 1.29 is 0 Å². The highest BCUT2D eigenvalue weighted by molar-refractivity contribution is 7.16. The number of halogens is 1. The van der Waals surface area contributed by atoms with Crippen LogP contribution in [0.2, 0.25) is 5.28 Å². The van der Waals surface area contributed by atoms with Crippen molar-refractivity contribution in [3.8, 4) is 0 Å². The van der Waals surface area contributed by atoms with Crippen LogP contribution in [0, 0.1) is 11.3 Å². The molecular weight excluding hydrogens is 254 g/mol. The number of aromatic nitrogens is 2. The minimum absolute atomic E-state index is 0.317. The molecule has 1 saturated carbocycles. The highest BCUT2D eigenvalue weighted by atomic mass is 35.5. The maximum absolute atomic E-state index is 5.91. The van der Waals surface area contributed by atoms with Crippen LogP contribution in [0.1, 0.15) is 20.3 Å². The average molecular weight is 268 g/mol. The van der Waals surface area contributed by atoms with Crippen molar-refractivity contribution in [3.05, 3.63) is 16.7 Å². The molecule has 5 heteroatoms. The quantitative estimate of drug-likeness (QED) is 0.860. The fourth-order valence-electron chi connectivity index (χ4n) is 2.11. The number of thiophene rings is 1. The summed E-state index contributed by atoms with van der Waals surface area (Å²) in [6, 6.07) is 2.04. The Balaban J connectivity index is 1.82. The fraction of sp³-hybridized carbons (Fsp3) is 0.500. The second-order valence-electron chi connectivity index (χ2n) is 5.25. The summed E-state index contributed by atoms with van der Waals surface area (Å²) in [5, 5.41) is 6.80. The minimum atomic E-state index is 0.317. The predicted octanol–water partition coefficient (Wildman–Crippen LogP) is 3.80. The Morgan fingerprint density at radius 3 is 3.00 bits per heavy atom. The lowest BCUT2D eigenvalue weighted by atomic mass is 10.1. The summed E-state index contributed by atoms with van der Waals surface area (Å²) >= 11 is 7.50. The molecule has 17 heavy (non-hydrogen) atoms. The van der Waals surface area contributed by atoms with Crippen molar-refractivity contribution in [2.75, 3.05) is 11.9 Å². The van der Waals surface area contributed by atoms with Crippen molar-refractivity contribution in [1.82, 2.24) is 9.97 Å². The van der Waals surface area contributed by atoms with E-state index in [1.165, 1.54) is 6.42 Å². The Morgan fingerprint density at radius 1 is 1.53 bits per heavy atom. The van der Waals surface area contributed by atoms with Crippen LogP contribution >= 0.6 is 22.9 Å². The third-order valence-electron chi connectivity index (χ3n) is 3.53. The number of anilines is 1. The fourth-order valence-corrected chi connectivity index (χ4v) is 3.09. The second kappa shape index (κ2) is 3.82. The van der Waals surface area contributed by atoms with Gasteiger partial charge in [0.1, 0.15) is 10.6 Å². The van der Waals surface area contributed by atoms with Crippen molar-refractivity contribution in [2.45, 2.75) is 20.3 Å². The Morgan fingerprint density at radius 2 is 2.29 bits per heavy atom. The van der Waals surface area contributed by atoms with Crippen molar-refractivity contribution in [3.63, 3.8) is 0 Å². The molecule has 3 rings (SSSR count). The van der Waals surface area contributed by atoms with Crippen molar-refractivity contribution in [1.29, 1.82) is 0 Å². The smallest absolute Gasteiger partial charge is 0.225 e. The maximum Gasteiger partial charge on any atom is 0.225 e. The molecule has 0 radical (unpaired) electrons. The standard InChI is InChI=1S/C12H14ClN3S/c1-12(2)5-7(12)6-14-9-8-3-4-17-10(8)16-11(13)15-9/h3-4,7H,5-6H2,1-2H3,(H,14,15,16). The van der Waals surface area contributed by atoms with E-state index in [0.717, 1.165) is 28.5 Å². The van der Waals surface area contributed by atoms with Gasteiger partial charge in [-0.05, 0) is 40.8 Å². The molecule has 1 aliphatic carbocycles. The van der Waals surface area contributed by atoms with Gasteiger partial charge in [-0.15, -0.1) is 11.3 Å². The molecule has 3 nitrogen and oxygen atoms in total. The SMILES string of the molecule is CC1(C)CC1CNc1nc(Cl)nc2sccc12. The van der Waals surface area contributed by atoms with Gasteiger partial charge in [0.2, 0.25) is 5.28 Å². The topological polar surface area (TPSA) is 37.8 Å². The third-order valence-corrected chi connectivity index (χ3v) is 4.51. The van der Waals surface area contributed by atoms with Crippen LogP contribution in [-0.2, 0) is 0 Å². The molecule has 0 amide bonds. The van der Waals surface area contributed by atoms with E-state index < -0.39 is 0 Å². The summed E-state index contributed by atoms with van der Waals surface area (Å²) in [5.41, 5.74) is 0.484. The Hall–Kier alpha value is -0.870. The number of fused-ring (bicyclic) bond motifs is 1. The van der Waals surface area contributed by atoms with Crippen molar-refractivity contribution in [2.24, 2.45) is 11.3 Å². The molecule has 2 heterocycles. The lowest BCUT2D eigenvalue weighted by molar-refractivity contribution is 0.573. The normalized spacial score (nSPS) is 21.7. The highest BCUT2D eigenvalue weighted by Crippen LogP contribution is 2.51. The zero-order valence-electron chi connectivity index (χ0n) is 9.83. The van der Waals surface area contributed by atoms with E-state index in [1.54, 1.807) is 11.3 Å². The van der Waals surface area contributed by atoms with Crippen LogP contribution < -0.4 is 5.32 Å². The number of hydrogen-bond acceptors (Lipinski definition) is 4. The maximum atomic E-state index is 5.91. The van der Waals surface area contributed by atoms with E-state index in [4.69, 9.17) is 11.6 Å². The van der Waals surface area contributed by atoms with Gasteiger partial charge < -0.3 is 5.32 Å². The molecule has 1 N–H and O–H groups in total. The second-order valence-corrected chi connectivity index (χ2v) is 6.48. The zero-order chi connectivity index (χ0) is 12.0. The molecule has 0 spiro atoms. The molecule has 2 aromatic rings.